The summed E-state index contributed by atoms with van der Waals surface area (Å²) in [6, 6.07) is 10.00. The summed E-state index contributed by atoms with van der Waals surface area (Å²) in [5.41, 5.74) is 6.87. The standard InChI is InChI=1S/C15H12ClN5O3/c16-9-3-1-8(2-4-9)13(17)15-18-14(19-20-15)11-7-10(21(23)24)5-6-12(11)22/h1-7,13,22H,17H2,(H,18,19,20). The molecule has 0 amide bonds. The van der Waals surface area contributed by atoms with Crippen LogP contribution in [0.2, 0.25) is 5.02 Å². The molecule has 0 saturated heterocycles. The van der Waals surface area contributed by atoms with Crippen LogP contribution in [0, 0.1) is 10.1 Å². The van der Waals surface area contributed by atoms with Crippen LogP contribution >= 0.6 is 11.6 Å². The number of hydrogen-bond acceptors (Lipinski definition) is 6. The molecule has 0 aliphatic heterocycles. The van der Waals surface area contributed by atoms with Gasteiger partial charge in [-0.3, -0.25) is 15.2 Å². The number of benzene rings is 2. The van der Waals surface area contributed by atoms with Gasteiger partial charge in [-0.1, -0.05) is 23.7 Å². The lowest BCUT2D eigenvalue weighted by Gasteiger charge is -2.08. The third-order valence-electron chi connectivity index (χ3n) is 3.46. The first-order chi connectivity index (χ1) is 11.5. The van der Waals surface area contributed by atoms with Crippen LogP contribution in [0.1, 0.15) is 17.4 Å². The van der Waals surface area contributed by atoms with Gasteiger partial charge in [-0.05, 0) is 23.8 Å². The molecule has 1 aromatic heterocycles. The molecule has 0 radical (unpaired) electrons. The predicted octanol–water partition coefficient (Wildman–Crippen LogP) is 2.79. The Morgan fingerprint density at radius 3 is 2.62 bits per heavy atom. The molecule has 1 atom stereocenters. The van der Waals surface area contributed by atoms with Crippen LogP contribution < -0.4 is 5.73 Å². The Hall–Kier alpha value is -2.97. The highest BCUT2D eigenvalue weighted by Crippen LogP contribution is 2.31. The smallest absolute Gasteiger partial charge is 0.270 e. The molecule has 3 rings (SSSR count). The fraction of sp³-hybridized carbons (Fsp3) is 0.0667. The molecule has 0 fully saturated rings. The van der Waals surface area contributed by atoms with E-state index >= 15 is 0 Å². The van der Waals surface area contributed by atoms with Crippen molar-refractivity contribution in [1.29, 1.82) is 0 Å². The number of nitrogens with one attached hydrogen (secondary N) is 1. The molecule has 4 N–H and O–H groups in total. The second-order valence-electron chi connectivity index (χ2n) is 5.03. The lowest BCUT2D eigenvalue weighted by atomic mass is 10.1. The van der Waals surface area contributed by atoms with E-state index in [1.165, 1.54) is 18.2 Å². The second-order valence-corrected chi connectivity index (χ2v) is 5.47. The third-order valence-corrected chi connectivity index (χ3v) is 3.71. The first kappa shape index (κ1) is 15.9. The fourth-order valence-electron chi connectivity index (χ4n) is 2.18. The van der Waals surface area contributed by atoms with Crippen molar-refractivity contribution in [3.05, 3.63) is 69.0 Å². The Morgan fingerprint density at radius 2 is 1.96 bits per heavy atom. The molecule has 1 heterocycles. The number of nitrogens with two attached hydrogens (primary N) is 1. The molecule has 0 spiro atoms. The maximum absolute atomic E-state index is 10.9. The summed E-state index contributed by atoms with van der Waals surface area (Å²) in [7, 11) is 0. The highest BCUT2D eigenvalue weighted by Gasteiger charge is 2.18. The largest absolute Gasteiger partial charge is 0.507 e. The Bertz CT molecular complexity index is 894. The molecular formula is C15H12ClN5O3. The van der Waals surface area contributed by atoms with Gasteiger partial charge in [0.15, 0.2) is 5.82 Å². The first-order valence-electron chi connectivity index (χ1n) is 6.87. The van der Waals surface area contributed by atoms with Gasteiger partial charge in [-0.2, -0.15) is 5.10 Å². The molecule has 0 aliphatic carbocycles. The molecule has 0 aliphatic rings. The van der Waals surface area contributed by atoms with Gasteiger partial charge in [0, 0.05) is 17.2 Å². The lowest BCUT2D eigenvalue weighted by Crippen LogP contribution is -2.13. The van der Waals surface area contributed by atoms with Crippen LogP contribution in [0.5, 0.6) is 5.75 Å². The van der Waals surface area contributed by atoms with Gasteiger partial charge in [-0.15, -0.1) is 0 Å². The number of H-pyrrole nitrogens is 1. The Balaban J connectivity index is 1.94. The number of phenolic OH excluding ortho intramolecular Hbond substituents is 1. The van der Waals surface area contributed by atoms with Crippen molar-refractivity contribution in [2.45, 2.75) is 6.04 Å². The number of aromatic nitrogens is 3. The molecule has 9 heteroatoms. The van der Waals surface area contributed by atoms with Gasteiger partial charge in [-0.25, -0.2) is 4.98 Å². The molecule has 0 bridgehead atoms. The Morgan fingerprint density at radius 1 is 1.25 bits per heavy atom. The zero-order valence-corrected chi connectivity index (χ0v) is 12.9. The van der Waals surface area contributed by atoms with E-state index in [4.69, 9.17) is 17.3 Å². The van der Waals surface area contributed by atoms with Crippen LogP contribution in [0.25, 0.3) is 11.4 Å². The van der Waals surface area contributed by atoms with E-state index in [1.54, 1.807) is 24.3 Å². The first-order valence-corrected chi connectivity index (χ1v) is 7.24. The second kappa shape index (κ2) is 6.26. The van der Waals surface area contributed by atoms with Crippen LogP contribution in [-0.4, -0.2) is 25.2 Å². The van der Waals surface area contributed by atoms with E-state index in [1.807, 2.05) is 0 Å². The normalized spacial score (nSPS) is 12.1. The summed E-state index contributed by atoms with van der Waals surface area (Å²) in [6.45, 7) is 0. The van der Waals surface area contributed by atoms with Gasteiger partial charge in [0.05, 0.1) is 16.5 Å². The van der Waals surface area contributed by atoms with Crippen molar-refractivity contribution >= 4 is 17.3 Å². The van der Waals surface area contributed by atoms with Crippen molar-refractivity contribution in [3.8, 4) is 17.1 Å². The fourth-order valence-corrected chi connectivity index (χ4v) is 2.30. The zero-order valence-electron chi connectivity index (χ0n) is 12.2. The molecule has 8 nitrogen and oxygen atoms in total. The summed E-state index contributed by atoms with van der Waals surface area (Å²) >= 11 is 5.84. The van der Waals surface area contributed by atoms with E-state index < -0.39 is 11.0 Å². The number of hydrogen-bond donors (Lipinski definition) is 3. The summed E-state index contributed by atoms with van der Waals surface area (Å²) < 4.78 is 0. The van der Waals surface area contributed by atoms with Crippen molar-refractivity contribution in [2.24, 2.45) is 5.73 Å². The van der Waals surface area contributed by atoms with Crippen molar-refractivity contribution in [3.63, 3.8) is 0 Å². The summed E-state index contributed by atoms with van der Waals surface area (Å²) in [5.74, 6) is 0.319. The van der Waals surface area contributed by atoms with Crippen molar-refractivity contribution in [1.82, 2.24) is 15.2 Å². The average Bonchev–Trinajstić information content (AvgIpc) is 3.05. The van der Waals surface area contributed by atoms with Crippen molar-refractivity contribution in [2.75, 3.05) is 0 Å². The minimum atomic E-state index is -0.579. The number of rotatable bonds is 4. The van der Waals surface area contributed by atoms with Gasteiger partial charge in [0.2, 0.25) is 0 Å². The molecule has 24 heavy (non-hydrogen) atoms. The number of aromatic amines is 1. The van der Waals surface area contributed by atoms with Gasteiger partial charge >= 0.3 is 0 Å². The van der Waals surface area contributed by atoms with Crippen molar-refractivity contribution < 1.29 is 10.0 Å². The van der Waals surface area contributed by atoms with Gasteiger partial charge in [0.1, 0.15) is 11.6 Å². The van der Waals surface area contributed by atoms with E-state index in [9.17, 15) is 15.2 Å². The van der Waals surface area contributed by atoms with E-state index in [2.05, 4.69) is 15.2 Å². The minimum Gasteiger partial charge on any atom is -0.507 e. The summed E-state index contributed by atoms with van der Waals surface area (Å²) in [6.07, 6.45) is 0. The minimum absolute atomic E-state index is 0.121. The van der Waals surface area contributed by atoms with E-state index in [-0.39, 0.29) is 22.8 Å². The Kier molecular flexibility index (Phi) is 4.15. The summed E-state index contributed by atoms with van der Waals surface area (Å²) in [5, 5.41) is 28.0. The number of nitro groups is 1. The Labute approximate surface area is 141 Å². The van der Waals surface area contributed by atoms with E-state index in [0.717, 1.165) is 5.56 Å². The number of nitro benzene ring substituents is 1. The molecule has 1 unspecified atom stereocenters. The highest BCUT2D eigenvalue weighted by molar-refractivity contribution is 6.30. The number of non-ortho nitro benzene ring substituents is 1. The number of phenols is 1. The van der Waals surface area contributed by atoms with Crippen LogP contribution in [0.3, 0.4) is 0 Å². The molecular weight excluding hydrogens is 334 g/mol. The number of aromatic hydroxyl groups is 1. The average molecular weight is 346 g/mol. The topological polar surface area (TPSA) is 131 Å². The number of nitrogens with zero attached hydrogens (tertiary/aromatic N) is 3. The van der Waals surface area contributed by atoms with Gasteiger partial charge in [0.25, 0.3) is 5.69 Å². The molecule has 0 saturated carbocycles. The molecule has 122 valence electrons. The van der Waals surface area contributed by atoms with Crippen LogP contribution in [-0.2, 0) is 0 Å². The van der Waals surface area contributed by atoms with Gasteiger partial charge < -0.3 is 10.8 Å². The zero-order chi connectivity index (χ0) is 17.3. The lowest BCUT2D eigenvalue weighted by molar-refractivity contribution is -0.384. The monoisotopic (exact) mass is 345 g/mol. The highest BCUT2D eigenvalue weighted by atomic mass is 35.5. The maximum Gasteiger partial charge on any atom is 0.270 e. The SMILES string of the molecule is NC(c1ccc(Cl)cc1)c1nc(-c2cc([N+](=O)[O-])ccc2O)n[nH]1. The molecule has 2 aromatic carbocycles. The predicted molar refractivity (Wildman–Crippen MR) is 87.6 cm³/mol. The van der Waals surface area contributed by atoms with E-state index in [0.29, 0.717) is 10.8 Å². The number of halogens is 1. The summed E-state index contributed by atoms with van der Waals surface area (Å²) in [4.78, 5) is 14.5. The van der Waals surface area contributed by atoms with Crippen LogP contribution in [0.15, 0.2) is 42.5 Å². The molecule has 3 aromatic rings. The maximum atomic E-state index is 10.9. The quantitative estimate of drug-likeness (QED) is 0.492. The van der Waals surface area contributed by atoms with Crippen LogP contribution in [0.4, 0.5) is 5.69 Å². The third kappa shape index (κ3) is 3.05.